The van der Waals surface area contributed by atoms with E-state index in [-0.39, 0.29) is 11.0 Å². The lowest BCUT2D eigenvalue weighted by atomic mass is 9.97. The zero-order valence-corrected chi connectivity index (χ0v) is 15.9. The van der Waals surface area contributed by atoms with Crippen LogP contribution in [0.5, 0.6) is 0 Å². The lowest BCUT2D eigenvalue weighted by molar-refractivity contribution is 0.1000. The Morgan fingerprint density at radius 1 is 1.29 bits per heavy atom. The summed E-state index contributed by atoms with van der Waals surface area (Å²) in [6.45, 7) is 0.839. The number of nitrogens with zero attached hydrogens (tertiary/aromatic N) is 2. The van der Waals surface area contributed by atoms with Gasteiger partial charge in [-0.05, 0) is 54.7 Å². The van der Waals surface area contributed by atoms with Crippen molar-refractivity contribution in [2.75, 3.05) is 13.1 Å². The van der Waals surface area contributed by atoms with Gasteiger partial charge in [0, 0.05) is 24.8 Å². The summed E-state index contributed by atoms with van der Waals surface area (Å²) in [7, 11) is -3.70. The molecule has 1 saturated heterocycles. The number of furan rings is 1. The molecule has 0 saturated carbocycles. The summed E-state index contributed by atoms with van der Waals surface area (Å²) in [4.78, 5) is 11.3. The zero-order chi connectivity index (χ0) is 19.7. The molecule has 3 N–H and O–H groups in total. The van der Waals surface area contributed by atoms with Crippen LogP contribution in [0.4, 0.5) is 0 Å². The van der Waals surface area contributed by atoms with Crippen molar-refractivity contribution in [2.45, 2.75) is 17.9 Å². The van der Waals surface area contributed by atoms with Crippen molar-refractivity contribution in [3.05, 3.63) is 59.8 Å². The van der Waals surface area contributed by atoms with E-state index in [2.05, 4.69) is 10.2 Å². The van der Waals surface area contributed by atoms with Gasteiger partial charge in [0.1, 0.15) is 5.69 Å². The molecular formula is C19H20N4O4S. The van der Waals surface area contributed by atoms with Crippen LogP contribution in [0.15, 0.2) is 58.2 Å². The molecule has 1 aliphatic rings. The number of aromatic nitrogens is 2. The molecule has 28 heavy (non-hydrogen) atoms. The van der Waals surface area contributed by atoms with E-state index in [1.165, 1.54) is 10.4 Å². The summed E-state index contributed by atoms with van der Waals surface area (Å²) < 4.78 is 32.8. The number of hydrogen-bond donors (Lipinski definition) is 2. The van der Waals surface area contributed by atoms with Gasteiger partial charge in [0.2, 0.25) is 11.0 Å². The summed E-state index contributed by atoms with van der Waals surface area (Å²) >= 11 is 0. The van der Waals surface area contributed by atoms with Gasteiger partial charge in [-0.25, -0.2) is 8.42 Å². The SMILES string of the molecule is NC(=O)c1cccc(C[C@@H]2CCN(S(=O)(=O)c3ccc(-c4ccn[nH]4)o3)C2)c1. The van der Waals surface area contributed by atoms with Crippen LogP contribution in [0.2, 0.25) is 0 Å². The van der Waals surface area contributed by atoms with Crippen LogP contribution >= 0.6 is 0 Å². The number of nitrogens with one attached hydrogen (secondary N) is 1. The van der Waals surface area contributed by atoms with E-state index in [9.17, 15) is 13.2 Å². The van der Waals surface area contributed by atoms with Crippen molar-refractivity contribution >= 4 is 15.9 Å². The van der Waals surface area contributed by atoms with Gasteiger partial charge in [0.05, 0.1) is 0 Å². The molecule has 1 fully saturated rings. The predicted octanol–water partition coefficient (Wildman–Crippen LogP) is 2.02. The third-order valence-electron chi connectivity index (χ3n) is 4.93. The fourth-order valence-corrected chi connectivity index (χ4v) is 4.93. The van der Waals surface area contributed by atoms with Crippen molar-refractivity contribution in [1.82, 2.24) is 14.5 Å². The number of carbonyl (C=O) groups is 1. The molecule has 1 aliphatic heterocycles. The molecule has 0 radical (unpaired) electrons. The van der Waals surface area contributed by atoms with E-state index in [1.54, 1.807) is 36.5 Å². The van der Waals surface area contributed by atoms with Crippen LogP contribution in [0.1, 0.15) is 22.3 Å². The third-order valence-corrected chi connectivity index (χ3v) is 6.67. The Morgan fingerprint density at radius 2 is 2.14 bits per heavy atom. The average molecular weight is 400 g/mol. The number of H-pyrrole nitrogens is 1. The molecule has 1 aromatic carbocycles. The number of amides is 1. The largest absolute Gasteiger partial charge is 0.442 e. The number of aromatic amines is 1. The van der Waals surface area contributed by atoms with Crippen molar-refractivity contribution in [1.29, 1.82) is 0 Å². The summed E-state index contributed by atoms with van der Waals surface area (Å²) in [5.41, 5.74) is 7.38. The number of carbonyl (C=O) groups excluding carboxylic acids is 1. The monoisotopic (exact) mass is 400 g/mol. The highest BCUT2D eigenvalue weighted by Crippen LogP contribution is 2.29. The van der Waals surface area contributed by atoms with Crippen LogP contribution in [0.25, 0.3) is 11.5 Å². The van der Waals surface area contributed by atoms with Gasteiger partial charge in [-0.15, -0.1) is 0 Å². The minimum atomic E-state index is -3.70. The Balaban J connectivity index is 1.46. The van der Waals surface area contributed by atoms with Crippen molar-refractivity contribution in [2.24, 2.45) is 11.7 Å². The number of hydrogen-bond acceptors (Lipinski definition) is 5. The lowest BCUT2D eigenvalue weighted by Crippen LogP contribution is -2.28. The minimum absolute atomic E-state index is 0.0755. The second kappa shape index (κ2) is 7.25. The summed E-state index contributed by atoms with van der Waals surface area (Å²) in [5.74, 6) is 0.124. The molecule has 146 valence electrons. The van der Waals surface area contributed by atoms with Crippen LogP contribution in [-0.4, -0.2) is 41.9 Å². The minimum Gasteiger partial charge on any atom is -0.442 e. The maximum atomic E-state index is 12.9. The number of benzene rings is 1. The standard InChI is InChI=1S/C19H20N4O4S/c20-19(24)15-3-1-2-13(11-15)10-14-7-9-23(12-14)28(25,26)18-5-4-17(27-18)16-6-8-21-22-16/h1-6,8,11,14H,7,9-10,12H2,(H2,20,24)(H,21,22)/t14-/m0/s1. The van der Waals surface area contributed by atoms with Crippen molar-refractivity contribution in [3.63, 3.8) is 0 Å². The Bertz CT molecular complexity index is 1090. The summed E-state index contributed by atoms with van der Waals surface area (Å²) in [6.07, 6.45) is 3.00. The second-order valence-electron chi connectivity index (χ2n) is 6.88. The normalized spacial score (nSPS) is 17.8. The molecule has 2 aromatic heterocycles. The Labute approximate surface area is 162 Å². The van der Waals surface area contributed by atoms with Gasteiger partial charge in [0.25, 0.3) is 10.0 Å². The van der Waals surface area contributed by atoms with E-state index in [4.69, 9.17) is 10.2 Å². The van der Waals surface area contributed by atoms with Gasteiger partial charge in [0.15, 0.2) is 5.76 Å². The molecular weight excluding hydrogens is 380 g/mol. The molecule has 0 unspecified atom stereocenters. The fraction of sp³-hybridized carbons (Fsp3) is 0.263. The number of sulfonamides is 1. The molecule has 0 spiro atoms. The molecule has 0 aliphatic carbocycles. The number of nitrogens with two attached hydrogens (primary N) is 1. The first-order chi connectivity index (χ1) is 13.4. The van der Waals surface area contributed by atoms with E-state index >= 15 is 0 Å². The first kappa shape index (κ1) is 18.5. The molecule has 1 amide bonds. The molecule has 0 bridgehead atoms. The third kappa shape index (κ3) is 3.58. The molecule has 8 nitrogen and oxygen atoms in total. The van der Waals surface area contributed by atoms with Gasteiger partial charge >= 0.3 is 0 Å². The quantitative estimate of drug-likeness (QED) is 0.655. The van der Waals surface area contributed by atoms with Gasteiger partial charge in [-0.1, -0.05) is 12.1 Å². The maximum Gasteiger partial charge on any atom is 0.276 e. The number of rotatable bonds is 6. The summed E-state index contributed by atoms with van der Waals surface area (Å²) in [5, 5.41) is 6.51. The topological polar surface area (TPSA) is 122 Å². The predicted molar refractivity (Wildman–Crippen MR) is 102 cm³/mol. The van der Waals surface area contributed by atoms with Gasteiger partial charge in [-0.3, -0.25) is 9.89 Å². The highest BCUT2D eigenvalue weighted by molar-refractivity contribution is 7.89. The average Bonchev–Trinajstić information content (AvgIpc) is 3.42. The Hall–Kier alpha value is -2.91. The molecule has 3 aromatic rings. The molecule has 9 heteroatoms. The van der Waals surface area contributed by atoms with E-state index < -0.39 is 15.9 Å². The first-order valence-electron chi connectivity index (χ1n) is 8.92. The number of primary amides is 1. The maximum absolute atomic E-state index is 12.9. The first-order valence-corrected chi connectivity index (χ1v) is 10.4. The van der Waals surface area contributed by atoms with Crippen LogP contribution < -0.4 is 5.73 Å². The van der Waals surface area contributed by atoms with E-state index in [0.717, 1.165) is 12.0 Å². The second-order valence-corrected chi connectivity index (χ2v) is 8.74. The van der Waals surface area contributed by atoms with Crippen LogP contribution in [0, 0.1) is 5.92 Å². The molecule has 4 rings (SSSR count). The molecule has 3 heterocycles. The van der Waals surface area contributed by atoms with Crippen LogP contribution in [-0.2, 0) is 16.4 Å². The van der Waals surface area contributed by atoms with E-state index in [1.807, 2.05) is 6.07 Å². The van der Waals surface area contributed by atoms with Crippen LogP contribution in [0.3, 0.4) is 0 Å². The molecule has 1 atom stereocenters. The van der Waals surface area contributed by atoms with Gasteiger partial charge in [-0.2, -0.15) is 9.40 Å². The van der Waals surface area contributed by atoms with Crippen molar-refractivity contribution < 1.29 is 17.6 Å². The Morgan fingerprint density at radius 3 is 2.89 bits per heavy atom. The van der Waals surface area contributed by atoms with Gasteiger partial charge < -0.3 is 10.2 Å². The lowest BCUT2D eigenvalue weighted by Gasteiger charge is -2.15. The smallest absolute Gasteiger partial charge is 0.276 e. The Kier molecular flexibility index (Phi) is 4.78. The van der Waals surface area contributed by atoms with E-state index in [0.29, 0.717) is 36.5 Å². The van der Waals surface area contributed by atoms with Crippen molar-refractivity contribution in [3.8, 4) is 11.5 Å². The fourth-order valence-electron chi connectivity index (χ4n) is 3.49. The highest BCUT2D eigenvalue weighted by Gasteiger charge is 2.34. The summed E-state index contributed by atoms with van der Waals surface area (Å²) in [6, 6.07) is 11.9. The zero-order valence-electron chi connectivity index (χ0n) is 15.0. The highest BCUT2D eigenvalue weighted by atomic mass is 32.2.